The molecule has 2 aromatic heterocycles. The molecule has 5 nitrogen and oxygen atoms in total. The lowest BCUT2D eigenvalue weighted by atomic mass is 9.98. The number of alkyl halides is 6. The molecule has 2 heterocycles. The van der Waals surface area contributed by atoms with Crippen molar-refractivity contribution in [2.45, 2.75) is 24.8 Å². The average Bonchev–Trinajstić information content (AvgIpc) is 3.18. The average molecular weight is 378 g/mol. The van der Waals surface area contributed by atoms with E-state index in [1.807, 2.05) is 0 Å². The van der Waals surface area contributed by atoms with Crippen molar-refractivity contribution in [2.75, 3.05) is 0 Å². The highest BCUT2D eigenvalue weighted by molar-refractivity contribution is 5.80. The van der Waals surface area contributed by atoms with Crippen LogP contribution in [0.25, 0.3) is 22.4 Å². The van der Waals surface area contributed by atoms with Crippen molar-refractivity contribution in [3.05, 3.63) is 36.6 Å². The number of rotatable bonds is 4. The third-order valence-corrected chi connectivity index (χ3v) is 3.85. The highest BCUT2D eigenvalue weighted by Crippen LogP contribution is 2.43. The molecular formula is C15H12F6N4O. The van der Waals surface area contributed by atoms with E-state index >= 15 is 0 Å². The minimum atomic E-state index is -5.44. The van der Waals surface area contributed by atoms with Gasteiger partial charge in [0.2, 0.25) is 0 Å². The monoisotopic (exact) mass is 378 g/mol. The van der Waals surface area contributed by atoms with Crippen molar-refractivity contribution in [1.82, 2.24) is 15.0 Å². The maximum absolute atomic E-state index is 12.7. The number of H-pyrrole nitrogens is 1. The summed E-state index contributed by atoms with van der Waals surface area (Å²) in [5.41, 5.74) is 6.94. The number of nitrogens with two attached hydrogens (primary N) is 1. The number of hydrogen-bond donors (Lipinski definition) is 2. The quantitative estimate of drug-likeness (QED) is 0.662. The number of nitrogens with zero attached hydrogens (tertiary/aromatic N) is 2. The second kappa shape index (κ2) is 6.31. The fourth-order valence-corrected chi connectivity index (χ4v) is 2.53. The fourth-order valence-electron chi connectivity index (χ4n) is 2.53. The molecule has 0 aliphatic heterocycles. The summed E-state index contributed by atoms with van der Waals surface area (Å²) in [6.45, 7) is 0. The van der Waals surface area contributed by atoms with Crippen LogP contribution in [-0.2, 0) is 0 Å². The molecule has 3 aromatic rings. The van der Waals surface area contributed by atoms with Crippen molar-refractivity contribution in [3.8, 4) is 11.3 Å². The minimum absolute atomic E-state index is 0.159. The molecule has 0 radical (unpaired) electrons. The lowest BCUT2D eigenvalue weighted by molar-refractivity contribution is -0.286. The number of oxazole rings is 1. The molecule has 0 bridgehead atoms. The van der Waals surface area contributed by atoms with Crippen molar-refractivity contribution in [2.24, 2.45) is 11.7 Å². The molecule has 0 fully saturated rings. The van der Waals surface area contributed by atoms with Crippen LogP contribution >= 0.6 is 0 Å². The Labute approximate surface area is 142 Å². The Morgan fingerprint density at radius 2 is 1.81 bits per heavy atom. The van der Waals surface area contributed by atoms with Crippen molar-refractivity contribution >= 4 is 11.0 Å². The van der Waals surface area contributed by atoms with E-state index in [4.69, 9.17) is 10.2 Å². The number of nitrogens with one attached hydrogen (secondary N) is 1. The van der Waals surface area contributed by atoms with Gasteiger partial charge in [-0.3, -0.25) is 0 Å². The van der Waals surface area contributed by atoms with Gasteiger partial charge in [-0.2, -0.15) is 26.3 Å². The van der Waals surface area contributed by atoms with Gasteiger partial charge in [0.1, 0.15) is 5.82 Å². The molecule has 0 aliphatic carbocycles. The van der Waals surface area contributed by atoms with Crippen LogP contribution in [0.15, 0.2) is 35.2 Å². The molecule has 3 N–H and O–H groups in total. The maximum Gasteiger partial charge on any atom is 0.400 e. The van der Waals surface area contributed by atoms with E-state index in [2.05, 4.69) is 15.0 Å². The molecule has 1 atom stereocenters. The highest BCUT2D eigenvalue weighted by Gasteiger charge is 2.56. The van der Waals surface area contributed by atoms with Gasteiger partial charge in [-0.1, -0.05) is 0 Å². The summed E-state index contributed by atoms with van der Waals surface area (Å²) in [5.74, 6) is -3.24. The SMILES string of the molecule is NC(CC(C(F)(F)F)C(F)(F)F)c1nc2ccc(-c3cnco3)cc2[nH]1. The summed E-state index contributed by atoms with van der Waals surface area (Å²) in [4.78, 5) is 10.4. The number of benzene rings is 1. The van der Waals surface area contributed by atoms with Crippen LogP contribution < -0.4 is 5.73 Å². The van der Waals surface area contributed by atoms with Gasteiger partial charge >= 0.3 is 12.4 Å². The molecule has 0 saturated heterocycles. The second-order valence-corrected chi connectivity index (χ2v) is 5.70. The van der Waals surface area contributed by atoms with Gasteiger partial charge in [-0.25, -0.2) is 9.97 Å². The maximum atomic E-state index is 12.7. The van der Waals surface area contributed by atoms with Crippen LogP contribution in [0.5, 0.6) is 0 Å². The summed E-state index contributed by atoms with van der Waals surface area (Å²) in [7, 11) is 0. The Kier molecular flexibility index (Phi) is 4.42. The van der Waals surface area contributed by atoms with Gasteiger partial charge in [0.05, 0.1) is 23.3 Å². The zero-order valence-corrected chi connectivity index (χ0v) is 12.9. The first-order chi connectivity index (χ1) is 12.1. The molecule has 0 spiro atoms. The van der Waals surface area contributed by atoms with Gasteiger partial charge in [-0.15, -0.1) is 0 Å². The van der Waals surface area contributed by atoms with Gasteiger partial charge in [0.15, 0.2) is 18.1 Å². The zero-order chi connectivity index (χ0) is 19.1. The predicted molar refractivity (Wildman–Crippen MR) is 78.7 cm³/mol. The lowest BCUT2D eigenvalue weighted by Crippen LogP contribution is -2.38. The second-order valence-electron chi connectivity index (χ2n) is 5.70. The van der Waals surface area contributed by atoms with E-state index in [0.29, 0.717) is 22.4 Å². The van der Waals surface area contributed by atoms with Crippen LogP contribution in [0.2, 0.25) is 0 Å². The van der Waals surface area contributed by atoms with Crippen LogP contribution in [0, 0.1) is 5.92 Å². The molecule has 0 saturated carbocycles. The predicted octanol–water partition coefficient (Wildman–Crippen LogP) is 4.35. The molecule has 140 valence electrons. The number of halogens is 6. The van der Waals surface area contributed by atoms with E-state index in [1.165, 1.54) is 12.6 Å². The molecule has 0 amide bonds. The number of aromatic amines is 1. The molecule has 0 aliphatic rings. The Bertz CT molecular complexity index is 870. The number of fused-ring (bicyclic) bond motifs is 1. The van der Waals surface area contributed by atoms with E-state index < -0.39 is 30.7 Å². The van der Waals surface area contributed by atoms with Crippen molar-refractivity contribution < 1.29 is 30.8 Å². The lowest BCUT2D eigenvalue weighted by Gasteiger charge is -2.24. The summed E-state index contributed by atoms with van der Waals surface area (Å²) in [6.07, 6.45) is -9.56. The third-order valence-electron chi connectivity index (χ3n) is 3.85. The van der Waals surface area contributed by atoms with Gasteiger partial charge in [0.25, 0.3) is 0 Å². The smallest absolute Gasteiger partial charge is 0.400 e. The van der Waals surface area contributed by atoms with Crippen LogP contribution in [-0.4, -0.2) is 27.3 Å². The van der Waals surface area contributed by atoms with Crippen molar-refractivity contribution in [1.29, 1.82) is 0 Å². The largest absolute Gasteiger partial charge is 0.444 e. The Morgan fingerprint density at radius 1 is 1.12 bits per heavy atom. The van der Waals surface area contributed by atoms with Gasteiger partial charge < -0.3 is 15.1 Å². The van der Waals surface area contributed by atoms with Gasteiger partial charge in [0, 0.05) is 5.56 Å². The highest BCUT2D eigenvalue weighted by atomic mass is 19.4. The van der Waals surface area contributed by atoms with Gasteiger partial charge in [-0.05, 0) is 24.6 Å². The number of imidazole rings is 1. The van der Waals surface area contributed by atoms with E-state index in [1.54, 1.807) is 18.2 Å². The Morgan fingerprint density at radius 3 is 2.38 bits per heavy atom. The Balaban J connectivity index is 1.87. The first-order valence-corrected chi connectivity index (χ1v) is 7.33. The third kappa shape index (κ3) is 3.66. The first kappa shape index (κ1) is 18.2. The standard InChI is InChI=1S/C15H12F6N4O/c16-14(17,18)12(15(19,20)21)4-8(22)13-24-9-2-1-7(3-10(9)25-13)11-5-23-6-26-11/h1-3,5-6,8,12H,4,22H2,(H,24,25). The topological polar surface area (TPSA) is 80.7 Å². The first-order valence-electron chi connectivity index (χ1n) is 7.33. The molecule has 1 aromatic carbocycles. The molecular weight excluding hydrogens is 366 g/mol. The molecule has 26 heavy (non-hydrogen) atoms. The van der Waals surface area contributed by atoms with E-state index in [0.717, 1.165) is 0 Å². The molecule has 3 rings (SSSR count). The normalized spacial score (nSPS) is 14.3. The minimum Gasteiger partial charge on any atom is -0.444 e. The summed E-state index contributed by atoms with van der Waals surface area (Å²) in [5, 5.41) is 0. The molecule has 1 unspecified atom stereocenters. The summed E-state index contributed by atoms with van der Waals surface area (Å²) >= 11 is 0. The van der Waals surface area contributed by atoms with Crippen molar-refractivity contribution in [3.63, 3.8) is 0 Å². The summed E-state index contributed by atoms with van der Waals surface area (Å²) in [6, 6.07) is 3.20. The number of aromatic nitrogens is 3. The number of hydrogen-bond acceptors (Lipinski definition) is 4. The Hall–Kier alpha value is -2.56. The van der Waals surface area contributed by atoms with Crippen LogP contribution in [0.3, 0.4) is 0 Å². The van der Waals surface area contributed by atoms with Crippen LogP contribution in [0.4, 0.5) is 26.3 Å². The fraction of sp³-hybridized carbons (Fsp3) is 0.333. The summed E-state index contributed by atoms with van der Waals surface area (Å²) < 4.78 is 81.2. The zero-order valence-electron chi connectivity index (χ0n) is 12.9. The van der Waals surface area contributed by atoms with E-state index in [9.17, 15) is 26.3 Å². The molecule has 11 heteroatoms. The van der Waals surface area contributed by atoms with E-state index in [-0.39, 0.29) is 5.82 Å². The van der Waals surface area contributed by atoms with Crippen LogP contribution in [0.1, 0.15) is 18.3 Å².